The van der Waals surface area contributed by atoms with Gasteiger partial charge in [0.05, 0.1) is 19.3 Å². The molecule has 2 aliphatic heterocycles. The van der Waals surface area contributed by atoms with Gasteiger partial charge in [0.25, 0.3) is 0 Å². The van der Waals surface area contributed by atoms with Crippen molar-refractivity contribution in [2.45, 2.75) is 25.5 Å². The Hall–Kier alpha value is -1.02. The van der Waals surface area contributed by atoms with Crippen molar-refractivity contribution in [1.82, 2.24) is 14.8 Å². The van der Waals surface area contributed by atoms with Crippen LogP contribution < -0.4 is 0 Å². The van der Waals surface area contributed by atoms with E-state index in [0.29, 0.717) is 6.61 Å². The number of thiazole rings is 1. The number of ether oxygens (including phenoxy) is 2. The molecule has 0 radical (unpaired) electrons. The number of likely N-dealkylation sites (N-methyl/N-ethyl adjacent to an activating group) is 1. The monoisotopic (exact) mass is 339 g/mol. The van der Waals surface area contributed by atoms with Crippen molar-refractivity contribution < 1.29 is 14.3 Å². The first-order valence-corrected chi connectivity index (χ1v) is 8.97. The lowest BCUT2D eigenvalue weighted by molar-refractivity contribution is -0.136. The summed E-state index contributed by atoms with van der Waals surface area (Å²) in [4.78, 5) is 20.1. The van der Waals surface area contributed by atoms with Crippen LogP contribution in [0.15, 0.2) is 11.6 Å². The maximum atomic E-state index is 11.7. The minimum absolute atomic E-state index is 0.00677. The van der Waals surface area contributed by atoms with E-state index >= 15 is 0 Å². The molecule has 7 heteroatoms. The van der Waals surface area contributed by atoms with Crippen LogP contribution >= 0.6 is 11.3 Å². The van der Waals surface area contributed by atoms with Crippen LogP contribution in [0.3, 0.4) is 0 Å². The molecule has 3 heterocycles. The van der Waals surface area contributed by atoms with Crippen LogP contribution in [-0.2, 0) is 20.8 Å². The first-order valence-electron chi connectivity index (χ1n) is 8.09. The lowest BCUT2D eigenvalue weighted by Crippen LogP contribution is -2.51. The van der Waals surface area contributed by atoms with Gasteiger partial charge in [0.2, 0.25) is 5.91 Å². The highest BCUT2D eigenvalue weighted by atomic mass is 32.1. The lowest BCUT2D eigenvalue weighted by atomic mass is 9.77. The molecule has 0 aromatic carbocycles. The smallest absolute Gasteiger partial charge is 0.248 e. The molecule has 3 rings (SSSR count). The van der Waals surface area contributed by atoms with Crippen LogP contribution in [-0.4, -0.2) is 73.8 Å². The Labute approximate surface area is 141 Å². The third-order valence-electron chi connectivity index (χ3n) is 4.80. The van der Waals surface area contributed by atoms with Crippen molar-refractivity contribution in [2.75, 3.05) is 47.0 Å². The molecule has 0 saturated carbocycles. The van der Waals surface area contributed by atoms with Gasteiger partial charge in [-0.05, 0) is 12.8 Å². The molecule has 128 valence electrons. The third kappa shape index (κ3) is 3.91. The van der Waals surface area contributed by atoms with E-state index in [1.54, 1.807) is 30.3 Å². The van der Waals surface area contributed by atoms with Crippen molar-refractivity contribution in [3.63, 3.8) is 0 Å². The number of carbonyl (C=O) groups excluding carboxylic acids is 1. The first kappa shape index (κ1) is 16.8. The highest BCUT2D eigenvalue weighted by Crippen LogP contribution is 2.41. The van der Waals surface area contributed by atoms with Crippen LogP contribution in [0.4, 0.5) is 0 Å². The van der Waals surface area contributed by atoms with Gasteiger partial charge in [-0.25, -0.2) is 4.98 Å². The standard InChI is InChI=1S/C16H25N3O3S/c1-18(2)15(20)10-21-12-16-4-7-22-13(16)3-6-19(11-16)9-14-17-5-8-23-14/h5,8,13H,3-4,6-7,9-12H2,1-2H3/t13-,16-/m0/s1. The number of hydrogen-bond acceptors (Lipinski definition) is 6. The predicted octanol–water partition coefficient (Wildman–Crippen LogP) is 1.23. The maximum Gasteiger partial charge on any atom is 0.248 e. The molecule has 0 N–H and O–H groups in total. The molecule has 2 saturated heterocycles. The maximum absolute atomic E-state index is 11.7. The molecule has 1 aromatic rings. The molecule has 0 bridgehead atoms. The van der Waals surface area contributed by atoms with Crippen molar-refractivity contribution in [3.05, 3.63) is 16.6 Å². The van der Waals surface area contributed by atoms with Crippen LogP contribution in [0.2, 0.25) is 0 Å². The summed E-state index contributed by atoms with van der Waals surface area (Å²) in [6, 6.07) is 0. The summed E-state index contributed by atoms with van der Waals surface area (Å²) < 4.78 is 11.7. The number of fused-ring (bicyclic) bond motifs is 1. The summed E-state index contributed by atoms with van der Waals surface area (Å²) in [5.41, 5.74) is 0.0160. The largest absolute Gasteiger partial charge is 0.377 e. The fourth-order valence-electron chi connectivity index (χ4n) is 3.48. The van der Waals surface area contributed by atoms with Crippen LogP contribution in [0.5, 0.6) is 0 Å². The molecule has 2 fully saturated rings. The second-order valence-electron chi connectivity index (χ2n) is 6.68. The lowest BCUT2D eigenvalue weighted by Gasteiger charge is -2.43. The van der Waals surface area contributed by atoms with E-state index in [-0.39, 0.29) is 24.0 Å². The molecule has 1 aromatic heterocycles. The van der Waals surface area contributed by atoms with E-state index in [2.05, 4.69) is 9.88 Å². The molecular formula is C16H25N3O3S. The average Bonchev–Trinajstić information content (AvgIpc) is 3.16. The fraction of sp³-hybridized carbons (Fsp3) is 0.750. The minimum Gasteiger partial charge on any atom is -0.377 e. The number of aromatic nitrogens is 1. The van der Waals surface area contributed by atoms with Crippen LogP contribution in [0.1, 0.15) is 17.8 Å². The Morgan fingerprint density at radius 2 is 2.48 bits per heavy atom. The Morgan fingerprint density at radius 1 is 1.61 bits per heavy atom. The zero-order valence-electron chi connectivity index (χ0n) is 13.9. The predicted molar refractivity (Wildman–Crippen MR) is 88.3 cm³/mol. The Morgan fingerprint density at radius 3 is 3.22 bits per heavy atom. The Kier molecular flexibility index (Phi) is 5.31. The molecule has 2 atom stereocenters. The molecule has 0 spiro atoms. The minimum atomic E-state index is 0.00677. The van der Waals surface area contributed by atoms with Gasteiger partial charge in [0, 0.05) is 50.8 Å². The summed E-state index contributed by atoms with van der Waals surface area (Å²) >= 11 is 1.70. The summed E-state index contributed by atoms with van der Waals surface area (Å²) in [5.74, 6) is 0.00677. The molecule has 2 aliphatic rings. The number of nitrogens with zero attached hydrogens (tertiary/aromatic N) is 3. The normalized spacial score (nSPS) is 27.8. The van der Waals surface area contributed by atoms with Gasteiger partial charge in [-0.15, -0.1) is 11.3 Å². The van der Waals surface area contributed by atoms with Crippen molar-refractivity contribution in [3.8, 4) is 0 Å². The van der Waals surface area contributed by atoms with E-state index in [4.69, 9.17) is 9.47 Å². The third-order valence-corrected chi connectivity index (χ3v) is 5.57. The van der Waals surface area contributed by atoms with Gasteiger partial charge in [0.15, 0.2) is 0 Å². The number of likely N-dealkylation sites (tertiary alicyclic amines) is 1. The summed E-state index contributed by atoms with van der Waals surface area (Å²) in [6.45, 7) is 4.40. The van der Waals surface area contributed by atoms with E-state index < -0.39 is 0 Å². The van der Waals surface area contributed by atoms with Gasteiger partial charge >= 0.3 is 0 Å². The highest BCUT2D eigenvalue weighted by Gasteiger charge is 2.48. The van der Waals surface area contributed by atoms with Gasteiger partial charge in [-0.3, -0.25) is 9.69 Å². The molecule has 0 aliphatic carbocycles. The van der Waals surface area contributed by atoms with Crippen molar-refractivity contribution in [1.29, 1.82) is 0 Å². The van der Waals surface area contributed by atoms with Crippen LogP contribution in [0, 0.1) is 5.41 Å². The number of hydrogen-bond donors (Lipinski definition) is 0. The van der Waals surface area contributed by atoms with E-state index in [0.717, 1.165) is 44.1 Å². The molecule has 6 nitrogen and oxygen atoms in total. The number of rotatable bonds is 6. The first-order chi connectivity index (χ1) is 11.1. The summed E-state index contributed by atoms with van der Waals surface area (Å²) in [7, 11) is 3.50. The Balaban J connectivity index is 1.58. The van der Waals surface area contributed by atoms with E-state index in [9.17, 15) is 4.79 Å². The second-order valence-corrected chi connectivity index (χ2v) is 7.66. The van der Waals surface area contributed by atoms with Crippen molar-refractivity contribution in [2.24, 2.45) is 5.41 Å². The van der Waals surface area contributed by atoms with Crippen molar-refractivity contribution >= 4 is 17.2 Å². The number of carbonyl (C=O) groups is 1. The summed E-state index contributed by atoms with van der Waals surface area (Å²) in [5, 5.41) is 3.17. The number of amides is 1. The number of piperidine rings is 1. The zero-order chi connectivity index (χ0) is 16.3. The summed E-state index contributed by atoms with van der Waals surface area (Å²) in [6.07, 6.45) is 4.14. The molecule has 0 unspecified atom stereocenters. The van der Waals surface area contributed by atoms with Gasteiger partial charge in [-0.1, -0.05) is 0 Å². The SMILES string of the molecule is CN(C)C(=O)COC[C@@]12CCO[C@H]1CCN(Cc1nccs1)C2. The molecular weight excluding hydrogens is 314 g/mol. The van der Waals surface area contributed by atoms with Gasteiger partial charge in [0.1, 0.15) is 11.6 Å². The van der Waals surface area contributed by atoms with Gasteiger partial charge < -0.3 is 14.4 Å². The quantitative estimate of drug-likeness (QED) is 0.780. The van der Waals surface area contributed by atoms with Crippen LogP contribution in [0.25, 0.3) is 0 Å². The fourth-order valence-corrected chi connectivity index (χ4v) is 4.13. The van der Waals surface area contributed by atoms with E-state index in [1.807, 2.05) is 11.6 Å². The second kappa shape index (κ2) is 7.25. The average molecular weight is 339 g/mol. The van der Waals surface area contributed by atoms with E-state index in [1.165, 1.54) is 0 Å². The molecule has 1 amide bonds. The van der Waals surface area contributed by atoms with Gasteiger partial charge in [-0.2, -0.15) is 0 Å². The highest BCUT2D eigenvalue weighted by molar-refractivity contribution is 7.09. The molecule has 23 heavy (non-hydrogen) atoms. The zero-order valence-corrected chi connectivity index (χ0v) is 14.7. The topological polar surface area (TPSA) is 54.9 Å². The Bertz CT molecular complexity index is 523.